The second-order valence-corrected chi connectivity index (χ2v) is 5.00. The lowest BCUT2D eigenvalue weighted by Gasteiger charge is -2.30. The van der Waals surface area contributed by atoms with E-state index < -0.39 is 0 Å². The Morgan fingerprint density at radius 3 is 2.28 bits per heavy atom. The molecule has 0 aliphatic heterocycles. The zero-order chi connectivity index (χ0) is 12.9. The van der Waals surface area contributed by atoms with Gasteiger partial charge in [-0.15, -0.1) is 12.4 Å². The molecule has 0 saturated heterocycles. The smallest absolute Gasteiger partial charge is 0.230 e. The maximum Gasteiger partial charge on any atom is 0.230 e. The standard InChI is InChI=1S/C12H23N3O2.ClH/c1-15(2)11(17)12(6-3-4-7-12)9-14-10(16)5-8-13;/h3-9,13H2,1-2H3,(H,14,16);1H. The molecule has 0 unspecified atom stereocenters. The van der Waals surface area contributed by atoms with E-state index in [0.29, 0.717) is 19.5 Å². The number of hydrogen-bond acceptors (Lipinski definition) is 3. The van der Waals surface area contributed by atoms with Crippen molar-refractivity contribution in [3.8, 4) is 0 Å². The van der Waals surface area contributed by atoms with E-state index in [9.17, 15) is 9.59 Å². The minimum absolute atomic E-state index is 0. The molecule has 0 bridgehead atoms. The van der Waals surface area contributed by atoms with Crippen LogP contribution in [0.15, 0.2) is 0 Å². The van der Waals surface area contributed by atoms with Gasteiger partial charge in [0.25, 0.3) is 0 Å². The molecule has 1 saturated carbocycles. The number of carbonyl (C=O) groups is 2. The highest BCUT2D eigenvalue weighted by Gasteiger charge is 2.42. The van der Waals surface area contributed by atoms with Crippen molar-refractivity contribution in [2.45, 2.75) is 32.1 Å². The van der Waals surface area contributed by atoms with Crippen LogP contribution in [-0.2, 0) is 9.59 Å². The Morgan fingerprint density at radius 2 is 1.83 bits per heavy atom. The highest BCUT2D eigenvalue weighted by molar-refractivity contribution is 5.85. The lowest BCUT2D eigenvalue weighted by atomic mass is 9.84. The van der Waals surface area contributed by atoms with Gasteiger partial charge < -0.3 is 16.0 Å². The Kier molecular flexibility index (Phi) is 7.25. The van der Waals surface area contributed by atoms with Crippen LogP contribution >= 0.6 is 12.4 Å². The van der Waals surface area contributed by atoms with Gasteiger partial charge in [-0.1, -0.05) is 12.8 Å². The molecular weight excluding hydrogens is 254 g/mol. The summed E-state index contributed by atoms with van der Waals surface area (Å²) in [4.78, 5) is 25.2. The van der Waals surface area contributed by atoms with Crippen molar-refractivity contribution in [2.75, 3.05) is 27.2 Å². The van der Waals surface area contributed by atoms with Gasteiger partial charge in [0.15, 0.2) is 0 Å². The summed E-state index contributed by atoms with van der Waals surface area (Å²) in [6, 6.07) is 0. The van der Waals surface area contributed by atoms with Gasteiger partial charge >= 0.3 is 0 Å². The third kappa shape index (κ3) is 4.14. The van der Waals surface area contributed by atoms with Gasteiger partial charge in [-0.2, -0.15) is 0 Å². The van der Waals surface area contributed by atoms with Crippen molar-refractivity contribution in [2.24, 2.45) is 11.1 Å². The van der Waals surface area contributed by atoms with Gasteiger partial charge in [-0.3, -0.25) is 9.59 Å². The number of halogens is 1. The van der Waals surface area contributed by atoms with E-state index in [1.165, 1.54) is 0 Å². The maximum absolute atomic E-state index is 12.2. The van der Waals surface area contributed by atoms with E-state index >= 15 is 0 Å². The highest BCUT2D eigenvalue weighted by Crippen LogP contribution is 2.38. The number of amides is 2. The molecule has 1 aliphatic rings. The first-order valence-corrected chi connectivity index (χ1v) is 6.20. The summed E-state index contributed by atoms with van der Waals surface area (Å²) in [6.07, 6.45) is 4.19. The van der Waals surface area contributed by atoms with Gasteiger partial charge in [0.2, 0.25) is 11.8 Å². The van der Waals surface area contributed by atoms with Crippen molar-refractivity contribution < 1.29 is 9.59 Å². The lowest BCUT2D eigenvalue weighted by molar-refractivity contribution is -0.139. The lowest BCUT2D eigenvalue weighted by Crippen LogP contribution is -2.46. The Bertz CT molecular complexity index is 289. The Labute approximate surface area is 115 Å². The summed E-state index contributed by atoms with van der Waals surface area (Å²) in [5, 5.41) is 2.84. The van der Waals surface area contributed by atoms with Crippen LogP contribution in [0, 0.1) is 5.41 Å². The highest BCUT2D eigenvalue weighted by atomic mass is 35.5. The molecule has 0 heterocycles. The normalized spacial score (nSPS) is 16.8. The fourth-order valence-electron chi connectivity index (χ4n) is 2.48. The molecule has 1 fully saturated rings. The van der Waals surface area contributed by atoms with E-state index in [0.717, 1.165) is 25.7 Å². The minimum Gasteiger partial charge on any atom is -0.355 e. The van der Waals surface area contributed by atoms with Crippen LogP contribution in [0.2, 0.25) is 0 Å². The molecular formula is C12H24ClN3O2. The van der Waals surface area contributed by atoms with Crippen molar-refractivity contribution in [1.29, 1.82) is 0 Å². The third-order valence-electron chi connectivity index (χ3n) is 3.42. The van der Waals surface area contributed by atoms with Gasteiger partial charge in [0, 0.05) is 33.6 Å². The summed E-state index contributed by atoms with van der Waals surface area (Å²) < 4.78 is 0. The SMILES string of the molecule is CN(C)C(=O)C1(CNC(=O)CCN)CCCC1.Cl. The number of nitrogens with one attached hydrogen (secondary N) is 1. The van der Waals surface area contributed by atoms with E-state index in [4.69, 9.17) is 5.73 Å². The second-order valence-electron chi connectivity index (χ2n) is 5.00. The second kappa shape index (κ2) is 7.59. The molecule has 6 heteroatoms. The molecule has 0 aromatic heterocycles. The van der Waals surface area contributed by atoms with E-state index in [1.54, 1.807) is 19.0 Å². The average Bonchev–Trinajstić information content (AvgIpc) is 2.75. The van der Waals surface area contributed by atoms with Crippen molar-refractivity contribution >= 4 is 24.2 Å². The minimum atomic E-state index is -0.381. The fourth-order valence-corrected chi connectivity index (χ4v) is 2.48. The molecule has 2 amide bonds. The summed E-state index contributed by atoms with van der Waals surface area (Å²) in [5.41, 5.74) is 4.94. The zero-order valence-corrected chi connectivity index (χ0v) is 12.0. The molecule has 0 aromatic carbocycles. The van der Waals surface area contributed by atoms with Crippen molar-refractivity contribution in [3.05, 3.63) is 0 Å². The Balaban J connectivity index is 0.00000289. The maximum atomic E-state index is 12.2. The molecule has 5 nitrogen and oxygen atoms in total. The molecule has 1 rings (SSSR count). The average molecular weight is 278 g/mol. The molecule has 1 aliphatic carbocycles. The van der Waals surface area contributed by atoms with Gasteiger partial charge in [-0.05, 0) is 12.8 Å². The molecule has 18 heavy (non-hydrogen) atoms. The van der Waals surface area contributed by atoms with E-state index in [-0.39, 0.29) is 29.6 Å². The molecule has 106 valence electrons. The number of hydrogen-bond donors (Lipinski definition) is 2. The number of nitrogens with two attached hydrogens (primary N) is 1. The third-order valence-corrected chi connectivity index (χ3v) is 3.42. The fraction of sp³-hybridized carbons (Fsp3) is 0.833. The number of nitrogens with zero attached hydrogens (tertiary/aromatic N) is 1. The van der Waals surface area contributed by atoms with Gasteiger partial charge in [0.05, 0.1) is 5.41 Å². The molecule has 0 atom stereocenters. The summed E-state index contributed by atoms with van der Waals surface area (Å²) in [7, 11) is 3.54. The van der Waals surface area contributed by atoms with Crippen LogP contribution in [0.4, 0.5) is 0 Å². The van der Waals surface area contributed by atoms with Crippen LogP contribution in [-0.4, -0.2) is 43.9 Å². The monoisotopic (exact) mass is 277 g/mol. The van der Waals surface area contributed by atoms with Crippen LogP contribution in [0.25, 0.3) is 0 Å². The predicted octanol–water partition coefficient (Wildman–Crippen LogP) is 0.522. The Hall–Kier alpha value is -0.810. The molecule has 0 aromatic rings. The number of carbonyl (C=O) groups excluding carboxylic acids is 2. The molecule has 3 N–H and O–H groups in total. The first kappa shape index (κ1) is 17.2. The summed E-state index contributed by atoms with van der Waals surface area (Å²) >= 11 is 0. The number of rotatable bonds is 5. The quantitative estimate of drug-likeness (QED) is 0.769. The first-order chi connectivity index (χ1) is 8.02. The van der Waals surface area contributed by atoms with Crippen LogP contribution < -0.4 is 11.1 Å². The van der Waals surface area contributed by atoms with Crippen LogP contribution in [0.1, 0.15) is 32.1 Å². The van der Waals surface area contributed by atoms with Crippen molar-refractivity contribution in [3.63, 3.8) is 0 Å². The predicted molar refractivity (Wildman–Crippen MR) is 73.5 cm³/mol. The van der Waals surface area contributed by atoms with Gasteiger partial charge in [0.1, 0.15) is 0 Å². The molecule has 0 radical (unpaired) electrons. The Morgan fingerprint density at radius 1 is 1.28 bits per heavy atom. The topological polar surface area (TPSA) is 75.4 Å². The molecule has 0 spiro atoms. The van der Waals surface area contributed by atoms with Crippen molar-refractivity contribution in [1.82, 2.24) is 10.2 Å². The van der Waals surface area contributed by atoms with E-state index in [2.05, 4.69) is 5.32 Å². The largest absolute Gasteiger partial charge is 0.355 e. The van der Waals surface area contributed by atoms with Crippen LogP contribution in [0.3, 0.4) is 0 Å². The summed E-state index contributed by atoms with van der Waals surface area (Å²) in [5.74, 6) is 0.0633. The van der Waals surface area contributed by atoms with Gasteiger partial charge in [-0.25, -0.2) is 0 Å². The van der Waals surface area contributed by atoms with Crippen LogP contribution in [0.5, 0.6) is 0 Å². The summed E-state index contributed by atoms with van der Waals surface area (Å²) in [6.45, 7) is 0.795. The van der Waals surface area contributed by atoms with E-state index in [1.807, 2.05) is 0 Å². The zero-order valence-electron chi connectivity index (χ0n) is 11.2. The first-order valence-electron chi connectivity index (χ1n) is 6.20.